The summed E-state index contributed by atoms with van der Waals surface area (Å²) >= 11 is 1.24. The van der Waals surface area contributed by atoms with Crippen LogP contribution < -0.4 is 0 Å². The van der Waals surface area contributed by atoms with Crippen LogP contribution in [-0.2, 0) is 14.8 Å². The van der Waals surface area contributed by atoms with E-state index in [1.807, 2.05) is 4.90 Å². The van der Waals surface area contributed by atoms with Crippen LogP contribution in [0.15, 0.2) is 21.7 Å². The summed E-state index contributed by atoms with van der Waals surface area (Å²) in [5.74, 6) is 0.529. The van der Waals surface area contributed by atoms with E-state index >= 15 is 0 Å². The second-order valence-electron chi connectivity index (χ2n) is 7.58. The van der Waals surface area contributed by atoms with E-state index in [0.29, 0.717) is 29.3 Å². The largest absolute Gasteiger partial charge is 0.339 e. The van der Waals surface area contributed by atoms with Crippen LogP contribution in [0.5, 0.6) is 0 Å². The molecule has 0 spiro atoms. The molecule has 3 rings (SSSR count). The molecule has 1 amide bonds. The van der Waals surface area contributed by atoms with E-state index in [-0.39, 0.29) is 11.8 Å². The Morgan fingerprint density at radius 1 is 1.36 bits per heavy atom. The van der Waals surface area contributed by atoms with Crippen LogP contribution in [0.4, 0.5) is 0 Å². The minimum absolute atomic E-state index is 0.161. The lowest BCUT2D eigenvalue weighted by atomic mass is 9.97. The first kappa shape index (κ1) is 18.9. The van der Waals surface area contributed by atoms with Gasteiger partial charge in [-0.05, 0) is 49.5 Å². The lowest BCUT2D eigenvalue weighted by Crippen LogP contribution is -2.47. The number of hydrogen-bond donors (Lipinski definition) is 0. The topological polar surface area (TPSA) is 57.7 Å². The fourth-order valence-electron chi connectivity index (χ4n) is 3.39. The predicted octanol–water partition coefficient (Wildman–Crippen LogP) is 3.19. The Morgan fingerprint density at radius 3 is 2.72 bits per heavy atom. The van der Waals surface area contributed by atoms with Gasteiger partial charge in [0.2, 0.25) is 5.91 Å². The van der Waals surface area contributed by atoms with Gasteiger partial charge in [0.1, 0.15) is 4.21 Å². The average molecular weight is 385 g/mol. The summed E-state index contributed by atoms with van der Waals surface area (Å²) in [5, 5.41) is 1.78. The molecule has 7 heteroatoms. The van der Waals surface area contributed by atoms with Gasteiger partial charge in [0, 0.05) is 25.7 Å². The van der Waals surface area contributed by atoms with Gasteiger partial charge >= 0.3 is 0 Å². The number of carbonyl (C=O) groups excluding carboxylic acids is 1. The molecule has 0 radical (unpaired) electrons. The van der Waals surface area contributed by atoms with Crippen molar-refractivity contribution in [3.8, 4) is 0 Å². The van der Waals surface area contributed by atoms with Gasteiger partial charge in [-0.3, -0.25) is 4.79 Å². The summed E-state index contributed by atoms with van der Waals surface area (Å²) in [5.41, 5.74) is 0. The van der Waals surface area contributed by atoms with Gasteiger partial charge in [-0.15, -0.1) is 11.3 Å². The number of nitrogens with zero attached hydrogens (tertiary/aromatic N) is 2. The SMILES string of the molecule is CC(C)CCN(C(=O)C1CCCN(S(=O)(=O)c2cccs2)C1)C1CC1. The molecule has 1 unspecified atom stereocenters. The Labute approximate surface area is 155 Å². The Balaban J connectivity index is 1.68. The molecule has 0 N–H and O–H groups in total. The molecular weight excluding hydrogens is 356 g/mol. The molecule has 2 aliphatic rings. The maximum absolute atomic E-state index is 13.1. The zero-order chi connectivity index (χ0) is 18.0. The number of sulfonamides is 1. The molecule has 2 heterocycles. The summed E-state index contributed by atoms with van der Waals surface area (Å²) in [6.07, 6.45) is 4.73. The number of piperidine rings is 1. The van der Waals surface area contributed by atoms with E-state index < -0.39 is 10.0 Å². The Bertz CT molecular complexity index is 681. The molecule has 25 heavy (non-hydrogen) atoms. The standard InChI is InChI=1S/C18H28N2O3S2/c1-14(2)9-11-20(16-7-8-16)18(21)15-5-3-10-19(13-15)25(22,23)17-6-4-12-24-17/h4,6,12,14-16H,3,5,7-11,13H2,1-2H3. The van der Waals surface area contributed by atoms with Crippen LogP contribution in [0.25, 0.3) is 0 Å². The third-order valence-electron chi connectivity index (χ3n) is 5.04. The number of rotatable bonds is 7. The number of amides is 1. The highest BCUT2D eigenvalue weighted by molar-refractivity contribution is 7.91. The first-order valence-electron chi connectivity index (χ1n) is 9.23. The van der Waals surface area contributed by atoms with Gasteiger partial charge in [0.15, 0.2) is 0 Å². The molecule has 1 aromatic heterocycles. The first-order valence-corrected chi connectivity index (χ1v) is 11.6. The summed E-state index contributed by atoms with van der Waals surface area (Å²) in [4.78, 5) is 15.1. The monoisotopic (exact) mass is 384 g/mol. The number of hydrogen-bond acceptors (Lipinski definition) is 4. The van der Waals surface area contributed by atoms with Crippen molar-refractivity contribution in [2.24, 2.45) is 11.8 Å². The van der Waals surface area contributed by atoms with Crippen molar-refractivity contribution in [2.75, 3.05) is 19.6 Å². The molecule has 1 saturated carbocycles. The van der Waals surface area contributed by atoms with Crippen molar-refractivity contribution in [2.45, 2.75) is 56.2 Å². The van der Waals surface area contributed by atoms with Crippen LogP contribution in [-0.4, -0.2) is 49.2 Å². The molecule has 1 aliphatic heterocycles. The van der Waals surface area contributed by atoms with Crippen LogP contribution in [0, 0.1) is 11.8 Å². The van der Waals surface area contributed by atoms with E-state index in [2.05, 4.69) is 13.8 Å². The highest BCUT2D eigenvalue weighted by Crippen LogP contribution is 2.32. The quantitative estimate of drug-likeness (QED) is 0.725. The Morgan fingerprint density at radius 2 is 2.12 bits per heavy atom. The molecule has 1 saturated heterocycles. The van der Waals surface area contributed by atoms with Gasteiger partial charge < -0.3 is 4.90 Å². The highest BCUT2D eigenvalue weighted by atomic mass is 32.2. The van der Waals surface area contributed by atoms with Crippen LogP contribution >= 0.6 is 11.3 Å². The minimum atomic E-state index is -3.46. The molecule has 1 aliphatic carbocycles. The van der Waals surface area contributed by atoms with Crippen LogP contribution in [0.2, 0.25) is 0 Å². The summed E-state index contributed by atoms with van der Waals surface area (Å²) in [6.45, 7) is 5.98. The third-order valence-corrected chi connectivity index (χ3v) is 8.28. The fraction of sp³-hybridized carbons (Fsp3) is 0.722. The zero-order valence-corrected chi connectivity index (χ0v) is 16.7. The predicted molar refractivity (Wildman–Crippen MR) is 100.0 cm³/mol. The van der Waals surface area contributed by atoms with Gasteiger partial charge in [0.05, 0.1) is 5.92 Å². The number of thiophene rings is 1. The third kappa shape index (κ3) is 4.44. The van der Waals surface area contributed by atoms with Gasteiger partial charge in [-0.25, -0.2) is 8.42 Å². The van der Waals surface area contributed by atoms with E-state index in [0.717, 1.165) is 38.6 Å². The van der Waals surface area contributed by atoms with E-state index in [1.54, 1.807) is 17.5 Å². The van der Waals surface area contributed by atoms with E-state index in [9.17, 15) is 13.2 Å². The van der Waals surface area contributed by atoms with Crippen molar-refractivity contribution in [3.05, 3.63) is 17.5 Å². The summed E-state index contributed by atoms with van der Waals surface area (Å²) < 4.78 is 27.4. The van der Waals surface area contributed by atoms with Crippen molar-refractivity contribution in [1.29, 1.82) is 0 Å². The van der Waals surface area contributed by atoms with Crippen LogP contribution in [0.3, 0.4) is 0 Å². The van der Waals surface area contributed by atoms with Crippen molar-refractivity contribution in [1.82, 2.24) is 9.21 Å². The first-order chi connectivity index (χ1) is 11.9. The summed E-state index contributed by atoms with van der Waals surface area (Å²) in [7, 11) is -3.46. The van der Waals surface area contributed by atoms with E-state index in [1.165, 1.54) is 15.6 Å². The van der Waals surface area contributed by atoms with Crippen molar-refractivity contribution < 1.29 is 13.2 Å². The smallest absolute Gasteiger partial charge is 0.252 e. The fourth-order valence-corrected chi connectivity index (χ4v) is 6.06. The zero-order valence-electron chi connectivity index (χ0n) is 15.1. The van der Waals surface area contributed by atoms with Crippen molar-refractivity contribution >= 4 is 27.3 Å². The maximum Gasteiger partial charge on any atom is 0.252 e. The molecule has 5 nitrogen and oxygen atoms in total. The van der Waals surface area contributed by atoms with Crippen LogP contribution in [0.1, 0.15) is 46.0 Å². The molecule has 2 fully saturated rings. The molecule has 0 bridgehead atoms. The highest BCUT2D eigenvalue weighted by Gasteiger charge is 2.39. The second kappa shape index (κ2) is 7.76. The molecule has 140 valence electrons. The number of carbonyl (C=O) groups is 1. The van der Waals surface area contributed by atoms with E-state index in [4.69, 9.17) is 0 Å². The molecular formula is C18H28N2O3S2. The molecule has 1 aromatic rings. The Kier molecular flexibility index (Phi) is 5.85. The summed E-state index contributed by atoms with van der Waals surface area (Å²) in [6, 6.07) is 3.78. The maximum atomic E-state index is 13.1. The lowest BCUT2D eigenvalue weighted by Gasteiger charge is -2.34. The van der Waals surface area contributed by atoms with Gasteiger partial charge in [-0.1, -0.05) is 19.9 Å². The second-order valence-corrected chi connectivity index (χ2v) is 10.7. The van der Waals surface area contributed by atoms with Gasteiger partial charge in [0.25, 0.3) is 10.0 Å². The molecule has 0 aromatic carbocycles. The molecule has 1 atom stereocenters. The average Bonchev–Trinajstić information content (AvgIpc) is 3.26. The van der Waals surface area contributed by atoms with Crippen molar-refractivity contribution in [3.63, 3.8) is 0 Å². The lowest BCUT2D eigenvalue weighted by molar-refractivity contribution is -0.137. The normalized spacial score (nSPS) is 22.3. The Hall–Kier alpha value is -0.920. The minimum Gasteiger partial charge on any atom is -0.339 e. The van der Waals surface area contributed by atoms with Gasteiger partial charge in [-0.2, -0.15) is 4.31 Å².